The summed E-state index contributed by atoms with van der Waals surface area (Å²) in [7, 11) is 0. The highest BCUT2D eigenvalue weighted by Gasteiger charge is 2.61. The van der Waals surface area contributed by atoms with E-state index in [2.05, 4.69) is 26.8 Å². The van der Waals surface area contributed by atoms with Crippen LogP contribution in [0, 0.1) is 51.8 Å². The van der Waals surface area contributed by atoms with Crippen molar-refractivity contribution in [1.82, 2.24) is 0 Å². The maximum Gasteiger partial charge on any atom is 0.0839 e. The van der Waals surface area contributed by atoms with Crippen LogP contribution in [0.25, 0.3) is 0 Å². The van der Waals surface area contributed by atoms with Crippen molar-refractivity contribution in [2.24, 2.45) is 40.4 Å². The van der Waals surface area contributed by atoms with Crippen LogP contribution in [0.15, 0.2) is 0 Å². The van der Waals surface area contributed by atoms with Gasteiger partial charge in [-0.25, -0.2) is 0 Å². The first-order chi connectivity index (χ1) is 12.4. The van der Waals surface area contributed by atoms with Crippen LogP contribution in [0.1, 0.15) is 78.6 Å². The summed E-state index contributed by atoms with van der Waals surface area (Å²) in [6, 6.07) is 2.65. The van der Waals surface area contributed by atoms with Crippen molar-refractivity contribution in [3.8, 4) is 6.07 Å². The molecule has 9 atom stereocenters. The van der Waals surface area contributed by atoms with Gasteiger partial charge in [-0.3, -0.25) is 0 Å². The van der Waals surface area contributed by atoms with Crippen molar-refractivity contribution >= 4 is 0 Å². The molecule has 4 aliphatic carbocycles. The zero-order valence-corrected chi connectivity index (χ0v) is 16.9. The molecule has 0 spiro atoms. The summed E-state index contributed by atoms with van der Waals surface area (Å²) in [6.07, 6.45) is 10.2. The fourth-order valence-corrected chi connectivity index (χ4v) is 7.90. The topological polar surface area (TPSA) is 53.2 Å². The second kappa shape index (κ2) is 6.78. The molecule has 3 nitrogen and oxygen atoms in total. The van der Waals surface area contributed by atoms with Crippen molar-refractivity contribution in [2.75, 3.05) is 6.61 Å². The SMILES string of the molecule is CCCO[C@H]1C[C@@]2(C)C(CC[C@@H]3C2CC[C@@]2(C)C3CC[C@@H]2C#N)C[C@@H]1O. The van der Waals surface area contributed by atoms with E-state index in [0.717, 1.165) is 50.0 Å². The molecule has 4 saturated carbocycles. The second-order valence-corrected chi connectivity index (χ2v) is 10.4. The predicted octanol–water partition coefficient (Wildman–Crippen LogP) is 4.93. The number of fused-ring (bicyclic) bond motifs is 5. The summed E-state index contributed by atoms with van der Waals surface area (Å²) < 4.78 is 6.09. The van der Waals surface area contributed by atoms with Gasteiger partial charge in [0.2, 0.25) is 0 Å². The van der Waals surface area contributed by atoms with Crippen LogP contribution in [0.4, 0.5) is 0 Å². The third kappa shape index (κ3) is 2.67. The standard InChI is InChI=1S/C23H37NO2/c1-4-11-26-21-13-23(3)15(12-20(21)25)5-7-17-18-8-6-16(14-24)22(18,2)10-9-19(17)23/h15-21,25H,4-13H2,1-3H3/t15?,16-,17+,18?,19?,20+,21+,22-,23+/m1/s1. The van der Waals surface area contributed by atoms with Crippen LogP contribution in [-0.2, 0) is 4.74 Å². The van der Waals surface area contributed by atoms with Gasteiger partial charge >= 0.3 is 0 Å². The lowest BCUT2D eigenvalue weighted by Crippen LogP contribution is -2.57. The molecular weight excluding hydrogens is 322 g/mol. The lowest BCUT2D eigenvalue weighted by Gasteiger charge is -2.61. The molecule has 3 unspecified atom stereocenters. The van der Waals surface area contributed by atoms with E-state index in [9.17, 15) is 10.4 Å². The Morgan fingerprint density at radius 3 is 2.58 bits per heavy atom. The molecule has 4 aliphatic rings. The van der Waals surface area contributed by atoms with E-state index in [0.29, 0.717) is 11.3 Å². The van der Waals surface area contributed by atoms with Gasteiger partial charge in [-0.1, -0.05) is 20.8 Å². The normalized spacial score (nSPS) is 53.3. The van der Waals surface area contributed by atoms with Gasteiger partial charge in [-0.15, -0.1) is 0 Å². The molecule has 0 amide bonds. The Hall–Kier alpha value is -0.590. The number of ether oxygens (including phenoxy) is 1. The number of hydrogen-bond acceptors (Lipinski definition) is 3. The van der Waals surface area contributed by atoms with E-state index < -0.39 is 0 Å². The average molecular weight is 360 g/mol. The van der Waals surface area contributed by atoms with Crippen molar-refractivity contribution in [3.63, 3.8) is 0 Å². The maximum absolute atomic E-state index is 10.6. The Bertz CT molecular complexity index is 571. The average Bonchev–Trinajstić information content (AvgIpc) is 2.97. The largest absolute Gasteiger partial charge is 0.390 e. The van der Waals surface area contributed by atoms with Crippen LogP contribution in [0.2, 0.25) is 0 Å². The van der Waals surface area contributed by atoms with E-state index in [4.69, 9.17) is 4.74 Å². The van der Waals surface area contributed by atoms with Crippen LogP contribution in [-0.4, -0.2) is 23.9 Å². The third-order valence-electron chi connectivity index (χ3n) is 9.35. The van der Waals surface area contributed by atoms with Gasteiger partial charge in [0.05, 0.1) is 24.2 Å². The molecule has 1 N–H and O–H groups in total. The first kappa shape index (κ1) is 18.8. The fraction of sp³-hybridized carbons (Fsp3) is 0.957. The molecule has 0 aromatic carbocycles. The van der Waals surface area contributed by atoms with Crippen molar-refractivity contribution in [3.05, 3.63) is 0 Å². The molecule has 4 rings (SSSR count). The van der Waals surface area contributed by atoms with Crippen molar-refractivity contribution < 1.29 is 9.84 Å². The zero-order chi connectivity index (χ0) is 18.5. The minimum Gasteiger partial charge on any atom is -0.390 e. The minimum atomic E-state index is -0.278. The summed E-state index contributed by atoms with van der Waals surface area (Å²) in [6.45, 7) is 7.84. The highest BCUT2D eigenvalue weighted by molar-refractivity contribution is 5.13. The zero-order valence-electron chi connectivity index (χ0n) is 16.9. The smallest absolute Gasteiger partial charge is 0.0839 e. The molecular formula is C23H37NO2. The molecule has 0 heterocycles. The summed E-state index contributed by atoms with van der Waals surface area (Å²) >= 11 is 0. The van der Waals surface area contributed by atoms with E-state index >= 15 is 0 Å². The molecule has 0 aliphatic heterocycles. The van der Waals surface area contributed by atoms with Crippen LogP contribution < -0.4 is 0 Å². The van der Waals surface area contributed by atoms with Gasteiger partial charge in [-0.05, 0) is 92.3 Å². The third-order valence-corrected chi connectivity index (χ3v) is 9.35. The van der Waals surface area contributed by atoms with Gasteiger partial charge in [0, 0.05) is 6.61 Å². The summed E-state index contributed by atoms with van der Waals surface area (Å²) in [4.78, 5) is 0. The molecule has 26 heavy (non-hydrogen) atoms. The van der Waals surface area contributed by atoms with E-state index in [1.54, 1.807) is 0 Å². The predicted molar refractivity (Wildman–Crippen MR) is 102 cm³/mol. The number of hydrogen-bond donors (Lipinski definition) is 1. The molecule has 0 saturated heterocycles. The number of aliphatic hydroxyl groups is 1. The summed E-state index contributed by atoms with van der Waals surface area (Å²) in [5.74, 6) is 3.21. The monoisotopic (exact) mass is 359 g/mol. The fourth-order valence-electron chi connectivity index (χ4n) is 7.90. The Kier molecular flexibility index (Phi) is 4.89. The van der Waals surface area contributed by atoms with Gasteiger partial charge in [0.1, 0.15) is 0 Å². The lowest BCUT2D eigenvalue weighted by molar-refractivity contribution is -0.171. The molecule has 0 bridgehead atoms. The molecule has 3 heteroatoms. The quantitative estimate of drug-likeness (QED) is 0.777. The maximum atomic E-state index is 10.6. The lowest BCUT2D eigenvalue weighted by atomic mass is 9.44. The highest BCUT2D eigenvalue weighted by atomic mass is 16.5. The van der Waals surface area contributed by atoms with Gasteiger partial charge in [0.15, 0.2) is 0 Å². The van der Waals surface area contributed by atoms with E-state index in [-0.39, 0.29) is 23.5 Å². The summed E-state index contributed by atoms with van der Waals surface area (Å²) in [5, 5.41) is 20.3. The molecule has 0 aromatic rings. The second-order valence-electron chi connectivity index (χ2n) is 10.4. The van der Waals surface area contributed by atoms with Gasteiger partial charge in [-0.2, -0.15) is 5.26 Å². The van der Waals surface area contributed by atoms with Crippen molar-refractivity contribution in [1.29, 1.82) is 5.26 Å². The van der Waals surface area contributed by atoms with Crippen LogP contribution in [0.5, 0.6) is 0 Å². The first-order valence-electron chi connectivity index (χ1n) is 11.1. The Balaban J connectivity index is 1.57. The molecule has 0 aromatic heterocycles. The number of nitriles is 1. The molecule has 146 valence electrons. The van der Waals surface area contributed by atoms with Crippen LogP contribution in [0.3, 0.4) is 0 Å². The first-order valence-corrected chi connectivity index (χ1v) is 11.1. The van der Waals surface area contributed by atoms with Gasteiger partial charge < -0.3 is 9.84 Å². The Labute approximate surface area is 159 Å². The molecule has 4 fully saturated rings. The van der Waals surface area contributed by atoms with Crippen LogP contribution >= 0.6 is 0 Å². The Morgan fingerprint density at radius 1 is 1.08 bits per heavy atom. The molecule has 0 radical (unpaired) electrons. The van der Waals surface area contributed by atoms with Gasteiger partial charge in [0.25, 0.3) is 0 Å². The Morgan fingerprint density at radius 2 is 1.85 bits per heavy atom. The van der Waals surface area contributed by atoms with E-state index in [1.807, 2.05) is 0 Å². The number of rotatable bonds is 3. The highest BCUT2D eigenvalue weighted by Crippen LogP contribution is 2.67. The number of aliphatic hydroxyl groups excluding tert-OH is 1. The number of nitrogens with zero attached hydrogens (tertiary/aromatic N) is 1. The van der Waals surface area contributed by atoms with Crippen molar-refractivity contribution in [2.45, 2.75) is 90.8 Å². The minimum absolute atomic E-state index is 0.0266. The summed E-state index contributed by atoms with van der Waals surface area (Å²) in [5.41, 5.74) is 0.567. The van der Waals surface area contributed by atoms with E-state index in [1.165, 1.54) is 32.1 Å².